The van der Waals surface area contributed by atoms with E-state index < -0.39 is 5.82 Å². The Kier molecular flexibility index (Phi) is 6.27. The van der Waals surface area contributed by atoms with E-state index in [2.05, 4.69) is 25.9 Å². The number of halogens is 2. The van der Waals surface area contributed by atoms with Crippen molar-refractivity contribution in [2.75, 3.05) is 5.32 Å². The van der Waals surface area contributed by atoms with Crippen molar-refractivity contribution in [3.05, 3.63) is 94.7 Å². The number of hydrogen-bond donors (Lipinski definition) is 2. The fourth-order valence-corrected chi connectivity index (χ4v) is 3.52. The molecule has 0 bridgehead atoms. The maximum Gasteiger partial charge on any atom is 0.259 e. The Labute approximate surface area is 202 Å². The fraction of sp³-hybridized carbons (Fsp3) is 0.0833. The van der Waals surface area contributed by atoms with Gasteiger partial charge in [0.2, 0.25) is 0 Å². The van der Waals surface area contributed by atoms with Gasteiger partial charge in [0.25, 0.3) is 5.91 Å². The molecule has 0 aliphatic heterocycles. The van der Waals surface area contributed by atoms with E-state index in [4.69, 9.17) is 25.5 Å². The molecule has 5 aromatic rings. The number of H-pyrrole nitrogens is 1. The number of furan rings is 1. The van der Waals surface area contributed by atoms with E-state index in [0.717, 1.165) is 0 Å². The van der Waals surface area contributed by atoms with Crippen LogP contribution in [0.2, 0.25) is 5.02 Å². The Morgan fingerprint density at radius 3 is 2.60 bits per heavy atom. The predicted octanol–water partition coefficient (Wildman–Crippen LogP) is 5.15. The SMILES string of the molecule is O=C(Nc1ccc(OCc2ccc(F)cc2Cl)cc1)c1coc2cc(OCc3nnn[nH]3)ccc12. The summed E-state index contributed by atoms with van der Waals surface area (Å²) in [4.78, 5) is 12.8. The van der Waals surface area contributed by atoms with E-state index >= 15 is 0 Å². The molecule has 2 N–H and O–H groups in total. The van der Waals surface area contributed by atoms with Crippen molar-refractivity contribution < 1.29 is 23.1 Å². The van der Waals surface area contributed by atoms with Crippen molar-refractivity contribution in [2.45, 2.75) is 13.2 Å². The largest absolute Gasteiger partial charge is 0.489 e. The number of carbonyl (C=O) groups is 1. The summed E-state index contributed by atoms with van der Waals surface area (Å²) in [5, 5.41) is 17.1. The Morgan fingerprint density at radius 1 is 1.03 bits per heavy atom. The van der Waals surface area contributed by atoms with Crippen molar-refractivity contribution >= 4 is 34.2 Å². The zero-order valence-electron chi connectivity index (χ0n) is 18.0. The molecule has 1 amide bonds. The van der Waals surface area contributed by atoms with Crippen LogP contribution < -0.4 is 14.8 Å². The zero-order valence-corrected chi connectivity index (χ0v) is 18.8. The van der Waals surface area contributed by atoms with Gasteiger partial charge in [0.15, 0.2) is 5.82 Å². The van der Waals surface area contributed by atoms with E-state index in [0.29, 0.717) is 50.1 Å². The first-order chi connectivity index (χ1) is 17.0. The van der Waals surface area contributed by atoms with Crippen molar-refractivity contribution in [1.29, 1.82) is 0 Å². The molecule has 5 rings (SSSR count). The summed E-state index contributed by atoms with van der Waals surface area (Å²) in [5.74, 6) is 0.884. The molecule has 9 nitrogen and oxygen atoms in total. The van der Waals surface area contributed by atoms with Gasteiger partial charge in [-0.1, -0.05) is 17.7 Å². The standard InChI is InChI=1S/C24H17ClFN5O4/c25-21-9-15(26)2-1-14(21)11-33-17-5-3-16(4-6-17)27-24(32)20-12-35-22-10-18(7-8-19(20)22)34-13-23-28-30-31-29-23/h1-10,12H,11,13H2,(H,27,32)(H,28,29,30,31). The Morgan fingerprint density at radius 2 is 1.83 bits per heavy atom. The van der Waals surface area contributed by atoms with Gasteiger partial charge in [-0.15, -0.1) is 5.10 Å². The molecule has 0 unspecified atom stereocenters. The number of nitrogens with one attached hydrogen (secondary N) is 2. The van der Waals surface area contributed by atoms with E-state index in [1.54, 1.807) is 48.5 Å². The highest BCUT2D eigenvalue weighted by molar-refractivity contribution is 6.31. The van der Waals surface area contributed by atoms with Gasteiger partial charge in [-0.25, -0.2) is 9.49 Å². The fourth-order valence-electron chi connectivity index (χ4n) is 3.30. The Balaban J connectivity index is 1.20. The highest BCUT2D eigenvalue weighted by atomic mass is 35.5. The van der Waals surface area contributed by atoms with Crippen molar-refractivity contribution in [3.8, 4) is 11.5 Å². The minimum atomic E-state index is -0.404. The lowest BCUT2D eigenvalue weighted by Gasteiger charge is -2.09. The molecule has 0 aliphatic carbocycles. The zero-order chi connectivity index (χ0) is 24.2. The molecule has 0 fully saturated rings. The average Bonchev–Trinajstić information content (AvgIpc) is 3.53. The number of ether oxygens (including phenoxy) is 2. The number of aromatic amines is 1. The van der Waals surface area contributed by atoms with Gasteiger partial charge in [0, 0.05) is 22.7 Å². The number of aromatic nitrogens is 4. The van der Waals surface area contributed by atoms with Crippen LogP contribution in [-0.4, -0.2) is 26.5 Å². The van der Waals surface area contributed by atoms with Gasteiger partial charge >= 0.3 is 0 Å². The first-order valence-electron chi connectivity index (χ1n) is 10.4. The van der Waals surface area contributed by atoms with Crippen LogP contribution in [0.15, 0.2) is 71.3 Å². The van der Waals surface area contributed by atoms with Crippen LogP contribution in [0.3, 0.4) is 0 Å². The summed E-state index contributed by atoms with van der Waals surface area (Å²) in [5.41, 5.74) is 2.14. The molecule has 0 saturated carbocycles. The minimum absolute atomic E-state index is 0.170. The quantitative estimate of drug-likeness (QED) is 0.307. The summed E-state index contributed by atoms with van der Waals surface area (Å²) >= 11 is 6.02. The van der Waals surface area contributed by atoms with Crippen LogP contribution >= 0.6 is 11.6 Å². The summed E-state index contributed by atoms with van der Waals surface area (Å²) in [6.45, 7) is 0.357. The first-order valence-corrected chi connectivity index (χ1v) is 10.8. The first kappa shape index (κ1) is 22.4. The number of carbonyl (C=O) groups excluding carboxylic acids is 1. The highest BCUT2D eigenvalue weighted by Gasteiger charge is 2.15. The van der Waals surface area contributed by atoms with Crippen LogP contribution in [0.4, 0.5) is 10.1 Å². The monoisotopic (exact) mass is 493 g/mol. The van der Waals surface area contributed by atoms with Crippen molar-refractivity contribution in [3.63, 3.8) is 0 Å². The third-order valence-electron chi connectivity index (χ3n) is 5.08. The molecule has 176 valence electrons. The molecule has 0 aliphatic rings. The summed E-state index contributed by atoms with van der Waals surface area (Å²) < 4.78 is 30.0. The topological polar surface area (TPSA) is 115 Å². The number of anilines is 1. The minimum Gasteiger partial charge on any atom is -0.489 e. The van der Waals surface area contributed by atoms with Crippen LogP contribution in [0.25, 0.3) is 11.0 Å². The lowest BCUT2D eigenvalue weighted by molar-refractivity contribution is 0.102. The second-order valence-corrected chi connectivity index (χ2v) is 7.85. The molecule has 2 aromatic heterocycles. The van der Waals surface area contributed by atoms with Crippen LogP contribution in [-0.2, 0) is 13.2 Å². The normalized spacial score (nSPS) is 10.9. The smallest absolute Gasteiger partial charge is 0.259 e. The maximum absolute atomic E-state index is 13.2. The van der Waals surface area contributed by atoms with Gasteiger partial charge in [-0.3, -0.25) is 4.79 Å². The second kappa shape index (κ2) is 9.82. The molecule has 0 saturated heterocycles. The molecule has 2 heterocycles. The molecule has 35 heavy (non-hydrogen) atoms. The lowest BCUT2D eigenvalue weighted by Crippen LogP contribution is -2.11. The second-order valence-electron chi connectivity index (χ2n) is 7.45. The molecule has 0 atom stereocenters. The van der Waals surface area contributed by atoms with Gasteiger partial charge in [-0.05, 0) is 59.0 Å². The lowest BCUT2D eigenvalue weighted by atomic mass is 10.1. The molecule has 0 radical (unpaired) electrons. The van der Waals surface area contributed by atoms with Gasteiger partial charge in [-0.2, -0.15) is 0 Å². The van der Waals surface area contributed by atoms with E-state index in [1.165, 1.54) is 18.4 Å². The Bertz CT molecular complexity index is 1470. The number of rotatable bonds is 8. The van der Waals surface area contributed by atoms with Crippen LogP contribution in [0, 0.1) is 5.82 Å². The van der Waals surface area contributed by atoms with Gasteiger partial charge in [0.1, 0.15) is 42.4 Å². The summed E-state index contributed by atoms with van der Waals surface area (Å²) in [6.07, 6.45) is 1.40. The molecule has 11 heteroatoms. The van der Waals surface area contributed by atoms with Crippen molar-refractivity contribution in [1.82, 2.24) is 20.6 Å². The average molecular weight is 494 g/mol. The van der Waals surface area contributed by atoms with E-state index in [-0.39, 0.29) is 19.1 Å². The number of fused-ring (bicyclic) bond motifs is 1. The van der Waals surface area contributed by atoms with Gasteiger partial charge in [0.05, 0.1) is 10.6 Å². The van der Waals surface area contributed by atoms with Crippen LogP contribution in [0.5, 0.6) is 11.5 Å². The third-order valence-corrected chi connectivity index (χ3v) is 5.43. The summed E-state index contributed by atoms with van der Waals surface area (Å²) in [6, 6.07) is 16.2. The predicted molar refractivity (Wildman–Crippen MR) is 125 cm³/mol. The molecular weight excluding hydrogens is 477 g/mol. The molecule has 0 spiro atoms. The van der Waals surface area contributed by atoms with Crippen molar-refractivity contribution in [2.24, 2.45) is 0 Å². The van der Waals surface area contributed by atoms with E-state index in [1.807, 2.05) is 0 Å². The van der Waals surface area contributed by atoms with E-state index in [9.17, 15) is 9.18 Å². The number of benzene rings is 3. The number of tetrazole rings is 1. The van der Waals surface area contributed by atoms with Gasteiger partial charge < -0.3 is 19.2 Å². The Hall–Kier alpha value is -4.44. The maximum atomic E-state index is 13.2. The molecular formula is C24H17ClFN5O4. The van der Waals surface area contributed by atoms with Crippen LogP contribution in [0.1, 0.15) is 21.7 Å². The number of hydrogen-bond acceptors (Lipinski definition) is 7. The number of amides is 1. The number of nitrogens with zero attached hydrogens (tertiary/aromatic N) is 3. The summed E-state index contributed by atoms with van der Waals surface area (Å²) in [7, 11) is 0. The third kappa shape index (κ3) is 5.22. The highest BCUT2D eigenvalue weighted by Crippen LogP contribution is 2.27. The molecule has 3 aromatic carbocycles.